The van der Waals surface area contributed by atoms with Gasteiger partial charge in [0, 0.05) is 32.7 Å². The van der Waals surface area contributed by atoms with Gasteiger partial charge in [-0.25, -0.2) is 0 Å². The van der Waals surface area contributed by atoms with E-state index in [0.717, 1.165) is 5.56 Å². The molecule has 1 aromatic rings. The second-order valence-electron chi connectivity index (χ2n) is 4.98. The zero-order valence-corrected chi connectivity index (χ0v) is 14.3. The van der Waals surface area contributed by atoms with Crippen molar-refractivity contribution in [1.82, 2.24) is 0 Å². The molecule has 1 rings (SSSR count). The Morgan fingerprint density at radius 2 is 1.83 bits per heavy atom. The van der Waals surface area contributed by atoms with Crippen LogP contribution in [0, 0.1) is 13.5 Å². The molecule has 0 N–H and O–H groups in total. The minimum Gasteiger partial charge on any atom is -0.682 e. The first-order chi connectivity index (χ1) is 7.87. The third-order valence-electron chi connectivity index (χ3n) is 2.04. The molecule has 0 atom stereocenters. The molecule has 0 amide bonds. The summed E-state index contributed by atoms with van der Waals surface area (Å²) in [6.07, 6.45) is 0.101. The van der Waals surface area contributed by atoms with Crippen LogP contribution in [0.2, 0.25) is 0 Å². The third kappa shape index (κ3) is 7.73. The number of ether oxygens (including phenoxy) is 1. The van der Waals surface area contributed by atoms with Gasteiger partial charge in [0.25, 0.3) is 0 Å². The van der Waals surface area contributed by atoms with Gasteiger partial charge >= 0.3 is 0 Å². The molecule has 0 fully saturated rings. The minimum atomic E-state index is -0.537. The molecule has 4 heteroatoms. The molecule has 0 saturated carbocycles. The summed E-state index contributed by atoms with van der Waals surface area (Å²) in [5.41, 5.74) is 1.86. The summed E-state index contributed by atoms with van der Waals surface area (Å²) in [5, 5.41) is 11.3. The summed E-state index contributed by atoms with van der Waals surface area (Å²) in [4.78, 5) is 3.74. The molecule has 0 saturated heterocycles. The van der Waals surface area contributed by atoms with Crippen LogP contribution in [0.15, 0.2) is 29.3 Å². The van der Waals surface area contributed by atoms with Gasteiger partial charge in [0.1, 0.15) is 0 Å². The van der Waals surface area contributed by atoms with Crippen LogP contribution in [0.4, 0.5) is 0 Å². The van der Waals surface area contributed by atoms with Gasteiger partial charge in [0.2, 0.25) is 0 Å². The monoisotopic (exact) mass is 322 g/mol. The Bertz CT molecular complexity index is 380. The smallest absolute Gasteiger partial charge is 0 e. The zero-order valence-electron chi connectivity index (χ0n) is 11.4. The van der Waals surface area contributed by atoms with Crippen molar-refractivity contribution >= 4 is 6.08 Å². The van der Waals surface area contributed by atoms with Crippen LogP contribution in [-0.4, -0.2) is 11.7 Å². The summed E-state index contributed by atoms with van der Waals surface area (Å²) in [5.74, 6) is 0. The maximum atomic E-state index is 11.3. The fraction of sp³-hybridized carbons (Fsp3) is 0.429. The van der Waals surface area contributed by atoms with Crippen LogP contribution in [-0.2, 0) is 43.9 Å². The van der Waals surface area contributed by atoms with Crippen LogP contribution in [0.25, 0.3) is 0 Å². The van der Waals surface area contributed by atoms with E-state index in [9.17, 15) is 5.11 Å². The van der Waals surface area contributed by atoms with E-state index in [1.54, 1.807) is 6.54 Å². The Morgan fingerprint density at radius 1 is 1.28 bits per heavy atom. The summed E-state index contributed by atoms with van der Waals surface area (Å²) in [7, 11) is 0. The summed E-state index contributed by atoms with van der Waals surface area (Å²) >= 11 is 0. The first kappa shape index (κ1) is 17.5. The summed E-state index contributed by atoms with van der Waals surface area (Å²) < 4.78 is 5.06. The minimum absolute atomic E-state index is 0. The predicted octanol–water partition coefficient (Wildman–Crippen LogP) is 2.23. The quantitative estimate of drug-likeness (QED) is 0.487. The van der Waals surface area contributed by atoms with E-state index in [-0.39, 0.29) is 32.7 Å². The van der Waals surface area contributed by atoms with E-state index in [0.29, 0.717) is 6.42 Å². The van der Waals surface area contributed by atoms with Crippen LogP contribution in [0.3, 0.4) is 0 Å². The fourth-order valence-corrected chi connectivity index (χ4v) is 1.24. The first-order valence-corrected chi connectivity index (χ1v) is 5.68. The maximum absolute atomic E-state index is 11.3. The first-order valence-electron chi connectivity index (χ1n) is 5.68. The van der Waals surface area contributed by atoms with Crippen molar-refractivity contribution in [2.45, 2.75) is 39.7 Å². The standard InChI is InChI=1S/C14H20NO2.Y/c1-11-5-7-12(8-6-11)9-10-15-13(16)17-14(2,3)4;/h5-8,10H,9H2,1-4H3,(H,15,16);/q-1;/p-1. The fourth-order valence-electron chi connectivity index (χ4n) is 1.24. The number of aryl methyl sites for hydroxylation is 1. The molecule has 1 radical (unpaired) electrons. The average molecular weight is 322 g/mol. The molecular formula is C14H19NO2Y-2. The van der Waals surface area contributed by atoms with E-state index in [4.69, 9.17) is 4.74 Å². The van der Waals surface area contributed by atoms with Gasteiger partial charge in [-0.3, -0.25) is 0 Å². The molecule has 0 aromatic heterocycles. The van der Waals surface area contributed by atoms with Crippen molar-refractivity contribution in [3.8, 4) is 0 Å². The van der Waals surface area contributed by atoms with E-state index in [1.807, 2.05) is 52.0 Å². The molecule has 97 valence electrons. The van der Waals surface area contributed by atoms with Gasteiger partial charge in [-0.1, -0.05) is 62.6 Å². The number of rotatable bonds is 3. The van der Waals surface area contributed by atoms with Crippen molar-refractivity contribution in [1.29, 1.82) is 0 Å². The number of benzene rings is 1. The molecule has 0 spiro atoms. The molecule has 0 heterocycles. The maximum Gasteiger partial charge on any atom is 0 e. The van der Waals surface area contributed by atoms with E-state index >= 15 is 0 Å². The summed E-state index contributed by atoms with van der Waals surface area (Å²) in [6.45, 7) is 9.08. The van der Waals surface area contributed by atoms with E-state index in [2.05, 4.69) is 4.99 Å². The number of nitrogens with zero attached hydrogens (tertiary/aromatic N) is 1. The SMILES string of the molecule is Cc1ccc(C[CH-]N=C([O-])OC(C)(C)C)cc1.[Y]. The van der Waals surface area contributed by atoms with Crippen molar-refractivity contribution in [3.63, 3.8) is 0 Å². The van der Waals surface area contributed by atoms with E-state index in [1.165, 1.54) is 5.56 Å². The van der Waals surface area contributed by atoms with E-state index < -0.39 is 11.7 Å². The topological polar surface area (TPSA) is 44.7 Å². The molecule has 1 aromatic carbocycles. The molecule has 0 bridgehead atoms. The number of aliphatic imine (C=N–C) groups is 1. The zero-order chi connectivity index (χ0) is 12.9. The Kier molecular flexibility index (Phi) is 7.57. The number of hydrogen-bond donors (Lipinski definition) is 0. The number of hydrogen-bond acceptors (Lipinski definition) is 3. The van der Waals surface area contributed by atoms with Crippen molar-refractivity contribution in [2.24, 2.45) is 4.99 Å². The summed E-state index contributed by atoms with van der Waals surface area (Å²) in [6, 6.07) is 8.13. The Labute approximate surface area is 135 Å². The van der Waals surface area contributed by atoms with Gasteiger partial charge in [0.15, 0.2) is 0 Å². The third-order valence-corrected chi connectivity index (χ3v) is 2.04. The molecule has 0 unspecified atom stereocenters. The second-order valence-corrected chi connectivity index (χ2v) is 4.98. The van der Waals surface area contributed by atoms with Gasteiger partial charge in [0.05, 0.1) is 0 Å². The Balaban J connectivity index is 0.00000289. The molecule has 0 aliphatic carbocycles. The van der Waals surface area contributed by atoms with Crippen LogP contribution < -0.4 is 5.11 Å². The average Bonchev–Trinajstić information content (AvgIpc) is 2.18. The molecule has 0 aliphatic rings. The van der Waals surface area contributed by atoms with Crippen LogP contribution >= 0.6 is 0 Å². The van der Waals surface area contributed by atoms with Crippen LogP contribution in [0.5, 0.6) is 0 Å². The largest absolute Gasteiger partial charge is 0.682 e. The van der Waals surface area contributed by atoms with Gasteiger partial charge in [-0.15, -0.1) is 6.54 Å². The van der Waals surface area contributed by atoms with Gasteiger partial charge in [-0.05, 0) is 18.6 Å². The second kappa shape index (κ2) is 7.80. The Morgan fingerprint density at radius 3 is 2.33 bits per heavy atom. The van der Waals surface area contributed by atoms with Crippen LogP contribution in [0.1, 0.15) is 31.9 Å². The molecule has 0 aliphatic heterocycles. The molecule has 18 heavy (non-hydrogen) atoms. The van der Waals surface area contributed by atoms with Gasteiger partial charge in [-0.2, -0.15) is 0 Å². The Hall–Kier alpha value is -0.536. The molecular weight excluding hydrogens is 303 g/mol. The molecule has 3 nitrogen and oxygen atoms in total. The predicted molar refractivity (Wildman–Crippen MR) is 67.5 cm³/mol. The van der Waals surface area contributed by atoms with Crippen molar-refractivity contribution in [2.75, 3.05) is 0 Å². The van der Waals surface area contributed by atoms with Crippen molar-refractivity contribution in [3.05, 3.63) is 41.9 Å². The van der Waals surface area contributed by atoms with Gasteiger partial charge < -0.3 is 14.8 Å². The normalized spacial score (nSPS) is 11.7. The van der Waals surface area contributed by atoms with Crippen molar-refractivity contribution < 1.29 is 42.6 Å².